The van der Waals surface area contributed by atoms with Crippen molar-refractivity contribution in [1.29, 1.82) is 0 Å². The summed E-state index contributed by atoms with van der Waals surface area (Å²) in [4.78, 5) is 23.6. The molecular weight excluding hydrogens is 375 g/mol. The Balaban J connectivity index is 3.01. The second kappa shape index (κ2) is 8.17. The van der Waals surface area contributed by atoms with Gasteiger partial charge in [0, 0.05) is 6.42 Å². The first-order chi connectivity index (χ1) is 12.2. The minimum Gasteiger partial charge on any atom is -0.480 e. The molecule has 0 aromatic heterocycles. The van der Waals surface area contributed by atoms with Crippen molar-refractivity contribution in [3.05, 3.63) is 35.4 Å². The fourth-order valence-corrected chi connectivity index (χ4v) is 2.84. The van der Waals surface area contributed by atoms with E-state index in [-0.39, 0.29) is 11.5 Å². The van der Waals surface area contributed by atoms with Gasteiger partial charge in [0.2, 0.25) is 0 Å². The van der Waals surface area contributed by atoms with Gasteiger partial charge >= 0.3 is 12.1 Å². The Morgan fingerprint density at radius 1 is 1.19 bits per heavy atom. The van der Waals surface area contributed by atoms with E-state index < -0.39 is 43.3 Å². The molecule has 148 valence electrons. The molecule has 0 heterocycles. The van der Waals surface area contributed by atoms with Gasteiger partial charge in [-0.05, 0) is 17.2 Å². The Kier molecular flexibility index (Phi) is 6.89. The molecule has 27 heavy (non-hydrogen) atoms. The van der Waals surface area contributed by atoms with Gasteiger partial charge in [0.1, 0.15) is 14.1 Å². The van der Waals surface area contributed by atoms with E-state index in [0.717, 1.165) is 12.1 Å². The van der Waals surface area contributed by atoms with E-state index in [9.17, 15) is 27.9 Å². The maximum Gasteiger partial charge on any atom is 0.417 e. The fourth-order valence-electron chi connectivity index (χ4n) is 1.93. The molecule has 0 fully saturated rings. The highest BCUT2D eigenvalue weighted by atomic mass is 28.3. The lowest BCUT2D eigenvalue weighted by Gasteiger charge is -2.31. The zero-order valence-electron chi connectivity index (χ0n) is 16.0. The molecule has 0 aliphatic rings. The number of hydrogen-bond acceptors (Lipinski definition) is 2. The van der Waals surface area contributed by atoms with E-state index in [1.54, 1.807) is 0 Å². The van der Waals surface area contributed by atoms with Crippen molar-refractivity contribution in [2.45, 2.75) is 57.5 Å². The maximum absolute atomic E-state index is 13.0. The summed E-state index contributed by atoms with van der Waals surface area (Å²) >= 11 is 0. The molecule has 8 heteroatoms. The minimum atomic E-state index is -4.71. The van der Waals surface area contributed by atoms with Crippen LogP contribution in [0.15, 0.2) is 24.3 Å². The molecule has 0 saturated heterocycles. The number of rotatable bonds is 4. The van der Waals surface area contributed by atoms with E-state index in [0.29, 0.717) is 0 Å². The third-order valence-electron chi connectivity index (χ3n) is 4.66. The standard InChI is InChI=1S/C19H24F3NO3Si/c1-18(2,3)27(4,5)12-8-11-15(17(25)26)23-16(24)13-9-6-7-10-14(13)19(20,21)22/h6-7,9-10,15H,11H2,1-5H3,(H,23,24)(H,25,26)/t15-/m1/s1. The van der Waals surface area contributed by atoms with Crippen molar-refractivity contribution in [2.24, 2.45) is 0 Å². The average molecular weight is 399 g/mol. The van der Waals surface area contributed by atoms with Crippen LogP contribution in [0.2, 0.25) is 18.1 Å². The van der Waals surface area contributed by atoms with Crippen LogP contribution < -0.4 is 5.32 Å². The summed E-state index contributed by atoms with van der Waals surface area (Å²) in [5.74, 6) is 0.367. The monoisotopic (exact) mass is 399 g/mol. The molecule has 0 bridgehead atoms. The van der Waals surface area contributed by atoms with Crippen LogP contribution in [-0.2, 0) is 11.0 Å². The molecule has 0 spiro atoms. The van der Waals surface area contributed by atoms with Crippen molar-refractivity contribution in [1.82, 2.24) is 5.32 Å². The molecule has 1 aromatic rings. The minimum absolute atomic E-state index is 0.0202. The van der Waals surface area contributed by atoms with Crippen LogP contribution in [0.1, 0.15) is 43.1 Å². The molecular formula is C19H24F3NO3Si. The van der Waals surface area contributed by atoms with Gasteiger partial charge in [-0.1, -0.05) is 46.0 Å². The fraction of sp³-hybridized carbons (Fsp3) is 0.474. The highest BCUT2D eigenvalue weighted by Gasteiger charge is 2.36. The number of carbonyl (C=O) groups excluding carboxylic acids is 1. The number of amides is 1. The second-order valence-corrected chi connectivity index (χ2v) is 12.8. The quantitative estimate of drug-likeness (QED) is 0.585. The van der Waals surface area contributed by atoms with Gasteiger partial charge in [-0.3, -0.25) is 4.79 Å². The molecule has 0 unspecified atom stereocenters. The van der Waals surface area contributed by atoms with E-state index in [2.05, 4.69) is 37.6 Å². The summed E-state index contributed by atoms with van der Waals surface area (Å²) in [5, 5.41) is 11.4. The number of carboxylic acids is 1. The molecule has 0 saturated carbocycles. The predicted octanol–water partition coefficient (Wildman–Crippen LogP) is 4.33. The van der Waals surface area contributed by atoms with Gasteiger partial charge < -0.3 is 10.4 Å². The van der Waals surface area contributed by atoms with Gasteiger partial charge in [-0.25, -0.2) is 4.79 Å². The van der Waals surface area contributed by atoms with Crippen molar-refractivity contribution in [2.75, 3.05) is 0 Å². The maximum atomic E-state index is 13.0. The van der Waals surface area contributed by atoms with Crippen LogP contribution in [-0.4, -0.2) is 31.1 Å². The third-order valence-corrected chi connectivity index (χ3v) is 9.21. The smallest absolute Gasteiger partial charge is 0.417 e. The predicted molar refractivity (Wildman–Crippen MR) is 99.9 cm³/mol. The number of aliphatic carboxylic acids is 1. The van der Waals surface area contributed by atoms with Crippen molar-refractivity contribution in [3.8, 4) is 11.5 Å². The lowest BCUT2D eigenvalue weighted by molar-refractivity contribution is -0.139. The number of halogens is 3. The van der Waals surface area contributed by atoms with Crippen LogP contribution in [0.4, 0.5) is 13.2 Å². The molecule has 2 N–H and O–H groups in total. The molecule has 1 rings (SSSR count). The zero-order valence-corrected chi connectivity index (χ0v) is 17.0. The normalized spacial score (nSPS) is 13.3. The Hall–Kier alpha value is -2.27. The second-order valence-electron chi connectivity index (χ2n) is 7.79. The first-order valence-electron chi connectivity index (χ1n) is 8.37. The van der Waals surface area contributed by atoms with Crippen molar-refractivity contribution in [3.63, 3.8) is 0 Å². The Bertz CT molecular complexity index is 771. The van der Waals surface area contributed by atoms with E-state index in [4.69, 9.17) is 0 Å². The number of carbonyl (C=O) groups is 2. The van der Waals surface area contributed by atoms with Crippen LogP contribution in [0.3, 0.4) is 0 Å². The summed E-state index contributed by atoms with van der Waals surface area (Å²) in [6.45, 7) is 10.3. The lowest BCUT2D eigenvalue weighted by Crippen LogP contribution is -2.41. The molecule has 1 aromatic carbocycles. The molecule has 4 nitrogen and oxygen atoms in total. The highest BCUT2D eigenvalue weighted by molar-refractivity contribution is 6.87. The summed E-state index contributed by atoms with van der Waals surface area (Å²) in [6, 6.07) is 2.85. The third kappa shape index (κ3) is 6.14. The molecule has 0 aliphatic heterocycles. The van der Waals surface area contributed by atoms with E-state index in [1.807, 2.05) is 13.1 Å². The lowest BCUT2D eigenvalue weighted by atomic mass is 10.1. The number of benzene rings is 1. The zero-order chi connectivity index (χ0) is 21.0. The number of hydrogen-bond donors (Lipinski definition) is 2. The van der Waals surface area contributed by atoms with Gasteiger partial charge in [-0.15, -0.1) is 11.5 Å². The van der Waals surface area contributed by atoms with E-state index in [1.165, 1.54) is 12.1 Å². The Morgan fingerprint density at radius 3 is 2.22 bits per heavy atom. The largest absolute Gasteiger partial charge is 0.480 e. The molecule has 1 amide bonds. The summed E-state index contributed by atoms with van der Waals surface area (Å²) < 4.78 is 39.1. The summed E-state index contributed by atoms with van der Waals surface area (Å²) in [7, 11) is -1.96. The van der Waals surface area contributed by atoms with Gasteiger partial charge in [0.25, 0.3) is 5.91 Å². The van der Waals surface area contributed by atoms with Crippen LogP contribution in [0.5, 0.6) is 0 Å². The topological polar surface area (TPSA) is 66.4 Å². The Morgan fingerprint density at radius 2 is 1.74 bits per heavy atom. The average Bonchev–Trinajstić information content (AvgIpc) is 2.51. The van der Waals surface area contributed by atoms with Crippen LogP contribution in [0, 0.1) is 11.5 Å². The summed E-state index contributed by atoms with van der Waals surface area (Å²) in [6.07, 6.45) is -4.89. The molecule has 0 radical (unpaired) electrons. The first kappa shape index (κ1) is 22.8. The van der Waals surface area contributed by atoms with Crippen molar-refractivity contribution < 1.29 is 27.9 Å². The molecule has 1 atom stereocenters. The van der Waals surface area contributed by atoms with Gasteiger partial charge in [-0.2, -0.15) is 13.2 Å². The van der Waals surface area contributed by atoms with Crippen molar-refractivity contribution >= 4 is 20.0 Å². The van der Waals surface area contributed by atoms with Gasteiger partial charge in [0.15, 0.2) is 0 Å². The number of nitrogens with one attached hydrogen (secondary N) is 1. The number of alkyl halides is 3. The first-order valence-corrected chi connectivity index (χ1v) is 11.4. The summed E-state index contributed by atoms with van der Waals surface area (Å²) in [5.41, 5.74) is 1.40. The Labute approximate surface area is 158 Å². The van der Waals surface area contributed by atoms with Gasteiger partial charge in [0.05, 0.1) is 11.1 Å². The van der Waals surface area contributed by atoms with Crippen LogP contribution >= 0.6 is 0 Å². The van der Waals surface area contributed by atoms with Crippen LogP contribution in [0.25, 0.3) is 0 Å². The molecule has 0 aliphatic carbocycles. The SMILES string of the molecule is CC(C)(C)[Si](C)(C)C#CC[C@@H](NC(=O)c1ccccc1C(F)(F)F)C(=O)O. The number of carboxylic acid groups (broad SMARTS) is 1. The van der Waals surface area contributed by atoms with E-state index >= 15 is 0 Å². The highest BCUT2D eigenvalue weighted by Crippen LogP contribution is 2.35.